The third-order valence-electron chi connectivity index (χ3n) is 7.25. The van der Waals surface area contributed by atoms with Gasteiger partial charge in [0.15, 0.2) is 5.65 Å². The summed E-state index contributed by atoms with van der Waals surface area (Å²) in [4.78, 5) is 34.0. The molecule has 3 heterocycles. The van der Waals surface area contributed by atoms with E-state index in [1.54, 1.807) is 10.7 Å². The molecule has 9 nitrogen and oxygen atoms in total. The van der Waals surface area contributed by atoms with Crippen molar-refractivity contribution in [3.8, 4) is 11.6 Å². The fourth-order valence-electron chi connectivity index (χ4n) is 4.98. The lowest BCUT2D eigenvalue weighted by molar-refractivity contribution is -0.116. The molecule has 3 aromatic carbocycles. The summed E-state index contributed by atoms with van der Waals surface area (Å²) in [5.41, 5.74) is 5.87. The van der Waals surface area contributed by atoms with Crippen LogP contribution < -0.4 is 10.9 Å². The van der Waals surface area contributed by atoms with Crippen molar-refractivity contribution in [1.29, 1.82) is 0 Å². The minimum Gasteiger partial charge on any atom is -0.310 e. The molecule has 9 heteroatoms. The zero-order valence-corrected chi connectivity index (χ0v) is 23.0. The molecule has 0 fully saturated rings. The highest BCUT2D eigenvalue weighted by Gasteiger charge is 2.21. The Morgan fingerprint density at radius 1 is 0.878 bits per heavy atom. The smallest absolute Gasteiger partial charge is 0.263 e. The highest BCUT2D eigenvalue weighted by molar-refractivity contribution is 5.91. The van der Waals surface area contributed by atoms with E-state index in [0.717, 1.165) is 27.9 Å². The normalized spacial score (nSPS) is 11.3. The van der Waals surface area contributed by atoms with Crippen molar-refractivity contribution < 1.29 is 4.79 Å². The summed E-state index contributed by atoms with van der Waals surface area (Å²) in [5.74, 6) is 0.273. The topological polar surface area (TPSA) is 110 Å². The average molecular weight is 544 g/mol. The number of benzene rings is 3. The summed E-state index contributed by atoms with van der Waals surface area (Å²) in [6, 6.07) is 27.6. The van der Waals surface area contributed by atoms with Gasteiger partial charge in [-0.3, -0.25) is 14.6 Å². The van der Waals surface area contributed by atoms with Crippen LogP contribution in [0.25, 0.3) is 22.7 Å². The number of amides is 1. The van der Waals surface area contributed by atoms with Gasteiger partial charge in [0.05, 0.1) is 17.6 Å². The predicted molar refractivity (Wildman–Crippen MR) is 159 cm³/mol. The van der Waals surface area contributed by atoms with Crippen molar-refractivity contribution in [2.75, 3.05) is 5.32 Å². The second-order valence-electron chi connectivity index (χ2n) is 10.2. The van der Waals surface area contributed by atoms with Gasteiger partial charge in [0.1, 0.15) is 11.2 Å². The third-order valence-corrected chi connectivity index (χ3v) is 7.25. The van der Waals surface area contributed by atoms with Gasteiger partial charge in [-0.05, 0) is 55.2 Å². The first-order valence-electron chi connectivity index (χ1n) is 13.4. The average Bonchev–Trinajstić information content (AvgIpc) is 3.57. The van der Waals surface area contributed by atoms with Crippen molar-refractivity contribution >= 4 is 22.8 Å². The number of aromatic amines is 1. The van der Waals surface area contributed by atoms with Crippen LogP contribution in [0.3, 0.4) is 0 Å². The number of anilines is 1. The molecule has 0 saturated heterocycles. The molecule has 0 spiro atoms. The number of nitrogens with one attached hydrogen (secondary N) is 2. The van der Waals surface area contributed by atoms with E-state index in [0.29, 0.717) is 22.5 Å². The molecule has 0 unspecified atom stereocenters. The summed E-state index contributed by atoms with van der Waals surface area (Å²) in [7, 11) is 0. The van der Waals surface area contributed by atoms with Gasteiger partial charge in [-0.1, -0.05) is 66.7 Å². The van der Waals surface area contributed by atoms with Crippen LogP contribution in [0, 0.1) is 20.8 Å². The molecule has 0 atom stereocenters. The van der Waals surface area contributed by atoms with Crippen LogP contribution in [-0.2, 0) is 4.79 Å². The van der Waals surface area contributed by atoms with Crippen LogP contribution in [-0.4, -0.2) is 35.4 Å². The van der Waals surface area contributed by atoms with Gasteiger partial charge in [-0.25, -0.2) is 4.68 Å². The Labute approximate surface area is 236 Å². The van der Waals surface area contributed by atoms with Gasteiger partial charge in [0, 0.05) is 18.4 Å². The highest BCUT2D eigenvalue weighted by atomic mass is 16.1. The van der Waals surface area contributed by atoms with Crippen LogP contribution in [0.1, 0.15) is 40.3 Å². The molecule has 1 amide bonds. The quantitative estimate of drug-likeness (QED) is 0.281. The van der Waals surface area contributed by atoms with Crippen LogP contribution in [0.2, 0.25) is 0 Å². The molecule has 6 rings (SSSR count). The van der Waals surface area contributed by atoms with Gasteiger partial charge in [0.25, 0.3) is 5.56 Å². The van der Waals surface area contributed by atoms with Crippen LogP contribution >= 0.6 is 0 Å². The minimum atomic E-state index is -0.348. The number of aromatic nitrogens is 6. The second kappa shape index (κ2) is 10.7. The van der Waals surface area contributed by atoms with E-state index in [4.69, 9.17) is 4.98 Å². The van der Waals surface area contributed by atoms with Crippen molar-refractivity contribution in [2.45, 2.75) is 33.1 Å². The molecule has 6 aromatic rings. The monoisotopic (exact) mass is 543 g/mol. The first kappa shape index (κ1) is 25.9. The molecule has 41 heavy (non-hydrogen) atoms. The predicted octanol–water partition coefficient (Wildman–Crippen LogP) is 5.38. The largest absolute Gasteiger partial charge is 0.310 e. The highest BCUT2D eigenvalue weighted by Crippen LogP contribution is 2.29. The lowest BCUT2D eigenvalue weighted by Gasteiger charge is -2.18. The lowest BCUT2D eigenvalue weighted by atomic mass is 9.88. The number of nitrogens with zero attached hydrogens (tertiary/aromatic N) is 5. The maximum absolute atomic E-state index is 13.4. The van der Waals surface area contributed by atoms with Crippen molar-refractivity contribution in [3.63, 3.8) is 0 Å². The Morgan fingerprint density at radius 3 is 2.22 bits per heavy atom. The number of rotatable bonds is 7. The van der Waals surface area contributed by atoms with Crippen molar-refractivity contribution in [1.82, 2.24) is 29.5 Å². The fourth-order valence-corrected chi connectivity index (χ4v) is 4.98. The van der Waals surface area contributed by atoms with Gasteiger partial charge in [-0.2, -0.15) is 19.9 Å². The number of H-pyrrole nitrogens is 1. The Hall–Kier alpha value is -5.31. The second-order valence-corrected chi connectivity index (χ2v) is 10.2. The Bertz CT molecular complexity index is 1880. The minimum absolute atomic E-state index is 0.128. The summed E-state index contributed by atoms with van der Waals surface area (Å²) < 4.78 is 3.09. The van der Waals surface area contributed by atoms with Crippen LogP contribution in [0.5, 0.6) is 0 Å². The SMILES string of the molecule is Cc1cc(NC(=O)CC(c2ccccc2)c2ccccc2)n(-c2nc3c(cnn3-c3ccc(C)c(C)c3)c(=O)[nH]2)n1. The number of fused-ring (bicyclic) bond motifs is 1. The van der Waals surface area contributed by atoms with Gasteiger partial charge in [0.2, 0.25) is 11.9 Å². The van der Waals surface area contributed by atoms with E-state index in [2.05, 4.69) is 20.5 Å². The van der Waals surface area contributed by atoms with E-state index >= 15 is 0 Å². The summed E-state index contributed by atoms with van der Waals surface area (Å²) in [6.07, 6.45) is 1.73. The summed E-state index contributed by atoms with van der Waals surface area (Å²) in [5, 5.41) is 12.3. The van der Waals surface area contributed by atoms with Crippen LogP contribution in [0.15, 0.2) is 95.9 Å². The maximum atomic E-state index is 13.4. The van der Waals surface area contributed by atoms with Crippen LogP contribution in [0.4, 0.5) is 5.82 Å². The van der Waals surface area contributed by atoms with Crippen molar-refractivity contribution in [2.24, 2.45) is 0 Å². The van der Waals surface area contributed by atoms with Gasteiger partial charge < -0.3 is 5.32 Å². The standard InChI is InChI=1S/C32H29N7O2/c1-20-14-15-25(16-21(20)2)38-30-27(19-33-38)31(41)36-32(35-30)39-28(17-22(3)37-39)34-29(40)18-26(23-10-6-4-7-11-23)24-12-8-5-9-13-24/h4-17,19,26H,18H2,1-3H3,(H,34,40)(H,35,36,41). The molecule has 204 valence electrons. The molecule has 0 saturated carbocycles. The number of hydrogen-bond acceptors (Lipinski definition) is 5. The van der Waals surface area contributed by atoms with E-state index in [9.17, 15) is 9.59 Å². The van der Waals surface area contributed by atoms with E-state index in [1.807, 2.05) is 99.6 Å². The number of hydrogen-bond donors (Lipinski definition) is 2. The number of carbonyl (C=O) groups is 1. The molecule has 0 radical (unpaired) electrons. The first-order chi connectivity index (χ1) is 19.9. The zero-order chi connectivity index (χ0) is 28.5. The molecule has 2 N–H and O–H groups in total. The number of aryl methyl sites for hydroxylation is 3. The molecular formula is C32H29N7O2. The number of carbonyl (C=O) groups excluding carboxylic acids is 1. The lowest BCUT2D eigenvalue weighted by Crippen LogP contribution is -2.20. The molecule has 3 aromatic heterocycles. The molecule has 0 aliphatic carbocycles. The van der Waals surface area contributed by atoms with E-state index < -0.39 is 0 Å². The summed E-state index contributed by atoms with van der Waals surface area (Å²) in [6.45, 7) is 5.88. The Kier molecular flexibility index (Phi) is 6.76. The van der Waals surface area contributed by atoms with Gasteiger partial charge >= 0.3 is 0 Å². The Morgan fingerprint density at radius 2 is 1.56 bits per heavy atom. The zero-order valence-electron chi connectivity index (χ0n) is 23.0. The maximum Gasteiger partial charge on any atom is 0.263 e. The molecule has 0 aliphatic rings. The molecule has 0 bridgehead atoms. The van der Waals surface area contributed by atoms with Crippen molar-refractivity contribution in [3.05, 3.63) is 129 Å². The van der Waals surface area contributed by atoms with E-state index in [-0.39, 0.29) is 29.8 Å². The fraction of sp³-hybridized carbons (Fsp3) is 0.156. The van der Waals surface area contributed by atoms with E-state index in [1.165, 1.54) is 10.9 Å². The first-order valence-corrected chi connectivity index (χ1v) is 13.4. The third kappa shape index (κ3) is 5.17. The molecular weight excluding hydrogens is 514 g/mol. The summed E-state index contributed by atoms with van der Waals surface area (Å²) >= 11 is 0. The Balaban J connectivity index is 1.34. The van der Waals surface area contributed by atoms with Gasteiger partial charge in [-0.15, -0.1) is 0 Å². The molecule has 0 aliphatic heterocycles.